The van der Waals surface area contributed by atoms with Gasteiger partial charge in [0, 0.05) is 25.2 Å². The third kappa shape index (κ3) is 4.81. The van der Waals surface area contributed by atoms with Crippen LogP contribution in [0, 0.1) is 6.92 Å². The van der Waals surface area contributed by atoms with Crippen LogP contribution in [0.15, 0.2) is 53.5 Å². The summed E-state index contributed by atoms with van der Waals surface area (Å²) in [7, 11) is 0. The monoisotopic (exact) mass is 328 g/mol. The molecule has 1 amide bonds. The summed E-state index contributed by atoms with van der Waals surface area (Å²) in [6.45, 7) is 2.30. The van der Waals surface area contributed by atoms with Gasteiger partial charge in [-0.05, 0) is 24.5 Å². The molecule has 2 rings (SSSR count). The van der Waals surface area contributed by atoms with E-state index in [0.29, 0.717) is 18.5 Å². The Morgan fingerprint density at radius 3 is 2.54 bits per heavy atom. The number of amides is 1. The lowest BCUT2D eigenvalue weighted by Gasteiger charge is -2.15. The number of aromatic nitrogens is 1. The molecular weight excluding hydrogens is 308 g/mol. The summed E-state index contributed by atoms with van der Waals surface area (Å²) in [5.41, 5.74) is 1.37. The van der Waals surface area contributed by atoms with Crippen molar-refractivity contribution in [1.82, 2.24) is 9.88 Å². The van der Waals surface area contributed by atoms with Crippen molar-refractivity contribution in [3.8, 4) is 0 Å². The molecule has 0 radical (unpaired) electrons. The van der Waals surface area contributed by atoms with Crippen LogP contribution in [0.25, 0.3) is 0 Å². The number of aliphatic carboxylic acids is 1. The van der Waals surface area contributed by atoms with Crippen molar-refractivity contribution in [3.05, 3.63) is 70.1 Å². The molecule has 0 fully saturated rings. The fourth-order valence-electron chi connectivity index (χ4n) is 2.40. The third-order valence-electron chi connectivity index (χ3n) is 3.62. The number of aryl methyl sites for hydroxylation is 2. The van der Waals surface area contributed by atoms with Crippen LogP contribution in [0.3, 0.4) is 0 Å². The first-order valence-electron chi connectivity index (χ1n) is 7.71. The molecule has 0 aliphatic heterocycles. The second-order valence-electron chi connectivity index (χ2n) is 5.59. The average Bonchev–Trinajstić information content (AvgIpc) is 2.56. The molecule has 0 bridgehead atoms. The Labute approximate surface area is 139 Å². The fourth-order valence-corrected chi connectivity index (χ4v) is 2.40. The molecule has 2 N–H and O–H groups in total. The molecule has 6 nitrogen and oxygen atoms in total. The number of carboxylic acids is 1. The van der Waals surface area contributed by atoms with Crippen LogP contribution in [-0.2, 0) is 16.1 Å². The SMILES string of the molecule is Cc1ccc(=O)n(CCCC(=O)NC(C(=O)O)c2ccccc2)c1. The Hall–Kier alpha value is -2.89. The van der Waals surface area contributed by atoms with Crippen molar-refractivity contribution in [1.29, 1.82) is 0 Å². The smallest absolute Gasteiger partial charge is 0.330 e. The minimum atomic E-state index is -1.11. The first-order chi connectivity index (χ1) is 11.5. The minimum absolute atomic E-state index is 0.117. The number of rotatable bonds is 7. The number of hydrogen-bond donors (Lipinski definition) is 2. The van der Waals surface area contributed by atoms with Gasteiger partial charge in [-0.2, -0.15) is 0 Å². The van der Waals surface area contributed by atoms with Crippen molar-refractivity contribution >= 4 is 11.9 Å². The van der Waals surface area contributed by atoms with E-state index in [2.05, 4.69) is 5.32 Å². The lowest BCUT2D eigenvalue weighted by Crippen LogP contribution is -2.33. The van der Waals surface area contributed by atoms with E-state index in [4.69, 9.17) is 0 Å². The first kappa shape index (κ1) is 17.5. The first-order valence-corrected chi connectivity index (χ1v) is 7.71. The largest absolute Gasteiger partial charge is 0.479 e. The highest BCUT2D eigenvalue weighted by Crippen LogP contribution is 2.13. The topological polar surface area (TPSA) is 88.4 Å². The lowest BCUT2D eigenvalue weighted by atomic mass is 10.1. The summed E-state index contributed by atoms with van der Waals surface area (Å²) >= 11 is 0. The Balaban J connectivity index is 1.91. The molecule has 0 aliphatic carbocycles. The summed E-state index contributed by atoms with van der Waals surface area (Å²) < 4.78 is 1.55. The maximum atomic E-state index is 12.0. The maximum Gasteiger partial charge on any atom is 0.330 e. The van der Waals surface area contributed by atoms with Crippen molar-refractivity contribution < 1.29 is 14.7 Å². The third-order valence-corrected chi connectivity index (χ3v) is 3.62. The Bertz CT molecular complexity index is 768. The predicted octanol–water partition coefficient (Wildman–Crippen LogP) is 1.88. The highest BCUT2D eigenvalue weighted by atomic mass is 16.4. The number of carbonyl (C=O) groups excluding carboxylic acids is 1. The van der Waals surface area contributed by atoms with E-state index in [-0.39, 0.29) is 17.9 Å². The van der Waals surface area contributed by atoms with Gasteiger partial charge in [-0.3, -0.25) is 9.59 Å². The van der Waals surface area contributed by atoms with Crippen LogP contribution in [0.1, 0.15) is 30.0 Å². The van der Waals surface area contributed by atoms with Crippen LogP contribution < -0.4 is 10.9 Å². The number of hydrogen-bond acceptors (Lipinski definition) is 3. The van der Waals surface area contributed by atoms with Crippen molar-refractivity contribution in [2.45, 2.75) is 32.4 Å². The van der Waals surface area contributed by atoms with Gasteiger partial charge in [-0.25, -0.2) is 4.79 Å². The summed E-state index contributed by atoms with van der Waals surface area (Å²) in [5, 5.41) is 11.8. The molecule has 2 aromatic rings. The summed E-state index contributed by atoms with van der Waals surface area (Å²) in [6.07, 6.45) is 2.34. The van der Waals surface area contributed by atoms with E-state index < -0.39 is 12.0 Å². The Morgan fingerprint density at radius 1 is 1.17 bits per heavy atom. The van der Waals surface area contributed by atoms with Crippen molar-refractivity contribution in [2.24, 2.45) is 0 Å². The second-order valence-corrected chi connectivity index (χ2v) is 5.59. The molecule has 1 atom stereocenters. The normalized spacial score (nSPS) is 11.7. The van der Waals surface area contributed by atoms with Gasteiger partial charge in [-0.1, -0.05) is 36.4 Å². The van der Waals surface area contributed by atoms with Crippen LogP contribution in [0.2, 0.25) is 0 Å². The fraction of sp³-hybridized carbons (Fsp3) is 0.278. The molecule has 1 unspecified atom stereocenters. The number of pyridine rings is 1. The Kier molecular flexibility index (Phi) is 5.89. The number of carboxylic acid groups (broad SMARTS) is 1. The van der Waals surface area contributed by atoms with Gasteiger partial charge in [0.2, 0.25) is 5.91 Å². The quantitative estimate of drug-likeness (QED) is 0.812. The van der Waals surface area contributed by atoms with Crippen LogP contribution in [-0.4, -0.2) is 21.6 Å². The molecule has 126 valence electrons. The molecule has 0 aliphatic rings. The van der Waals surface area contributed by atoms with Crippen LogP contribution >= 0.6 is 0 Å². The van der Waals surface area contributed by atoms with Gasteiger partial charge in [-0.15, -0.1) is 0 Å². The number of benzene rings is 1. The molecule has 0 saturated carbocycles. The molecule has 1 aromatic heterocycles. The van der Waals surface area contributed by atoms with Crippen LogP contribution in [0.4, 0.5) is 0 Å². The van der Waals surface area contributed by atoms with Gasteiger partial charge >= 0.3 is 5.97 Å². The van der Waals surface area contributed by atoms with Crippen molar-refractivity contribution in [3.63, 3.8) is 0 Å². The van der Waals surface area contributed by atoms with E-state index >= 15 is 0 Å². The molecule has 24 heavy (non-hydrogen) atoms. The van der Waals surface area contributed by atoms with Gasteiger partial charge in [0.25, 0.3) is 5.56 Å². The zero-order valence-electron chi connectivity index (χ0n) is 13.4. The summed E-state index contributed by atoms with van der Waals surface area (Å²) in [4.78, 5) is 35.0. The van der Waals surface area contributed by atoms with Gasteiger partial charge < -0.3 is 15.0 Å². The zero-order valence-corrected chi connectivity index (χ0v) is 13.4. The van der Waals surface area contributed by atoms with E-state index in [0.717, 1.165) is 5.56 Å². The van der Waals surface area contributed by atoms with Gasteiger partial charge in [0.15, 0.2) is 6.04 Å². The van der Waals surface area contributed by atoms with Gasteiger partial charge in [0.05, 0.1) is 0 Å². The number of nitrogens with one attached hydrogen (secondary N) is 1. The van der Waals surface area contributed by atoms with E-state index in [1.54, 1.807) is 47.2 Å². The highest BCUT2D eigenvalue weighted by molar-refractivity contribution is 5.84. The van der Waals surface area contributed by atoms with E-state index in [9.17, 15) is 19.5 Å². The molecule has 6 heteroatoms. The predicted molar refractivity (Wildman–Crippen MR) is 89.6 cm³/mol. The molecule has 0 saturated heterocycles. The zero-order chi connectivity index (χ0) is 17.5. The highest BCUT2D eigenvalue weighted by Gasteiger charge is 2.21. The van der Waals surface area contributed by atoms with E-state index in [1.165, 1.54) is 6.07 Å². The lowest BCUT2D eigenvalue weighted by molar-refractivity contribution is -0.142. The molecule has 0 spiro atoms. The maximum absolute atomic E-state index is 12.0. The van der Waals surface area contributed by atoms with Crippen LogP contribution in [0.5, 0.6) is 0 Å². The molecule has 1 heterocycles. The minimum Gasteiger partial charge on any atom is -0.479 e. The van der Waals surface area contributed by atoms with Gasteiger partial charge in [0.1, 0.15) is 0 Å². The summed E-state index contributed by atoms with van der Waals surface area (Å²) in [5.74, 6) is -1.46. The molecule has 1 aromatic carbocycles. The van der Waals surface area contributed by atoms with Crippen molar-refractivity contribution in [2.75, 3.05) is 0 Å². The Morgan fingerprint density at radius 2 is 1.88 bits per heavy atom. The summed E-state index contributed by atoms with van der Waals surface area (Å²) in [6, 6.07) is 10.7. The average molecular weight is 328 g/mol. The standard InChI is InChI=1S/C18H20N2O4/c1-13-9-10-16(22)20(12-13)11-5-8-15(21)19-17(18(23)24)14-6-3-2-4-7-14/h2-4,6-7,9-10,12,17H,5,8,11H2,1H3,(H,19,21)(H,23,24). The number of carbonyl (C=O) groups is 2. The van der Waals surface area contributed by atoms with E-state index in [1.807, 2.05) is 6.92 Å². The second kappa shape index (κ2) is 8.10. The number of nitrogens with zero attached hydrogens (tertiary/aromatic N) is 1. The molecular formula is C18H20N2O4.